The summed E-state index contributed by atoms with van der Waals surface area (Å²) < 4.78 is 5.60. The van der Waals surface area contributed by atoms with E-state index in [4.69, 9.17) is 10.5 Å². The zero-order chi connectivity index (χ0) is 10.4. The highest BCUT2D eigenvalue weighted by molar-refractivity contribution is 5.20. The average molecular weight is 194 g/mol. The number of nitrogens with zero attached hydrogens (tertiary/aromatic N) is 1. The molecule has 2 N–H and O–H groups in total. The molecule has 0 aliphatic rings. The first kappa shape index (κ1) is 11.0. The Morgan fingerprint density at radius 3 is 2.43 bits per heavy atom. The van der Waals surface area contributed by atoms with E-state index in [-0.39, 0.29) is 6.04 Å². The summed E-state index contributed by atoms with van der Waals surface area (Å²) >= 11 is 0. The maximum atomic E-state index is 5.62. The highest BCUT2D eigenvalue weighted by Gasteiger charge is 2.09. The zero-order valence-electron chi connectivity index (χ0n) is 8.81. The Balaban J connectivity index is 2.40. The van der Waals surface area contributed by atoms with Gasteiger partial charge in [-0.2, -0.15) is 0 Å². The van der Waals surface area contributed by atoms with Crippen LogP contribution in [-0.2, 0) is 0 Å². The number of hydrogen-bond donors (Lipinski definition) is 1. The monoisotopic (exact) mass is 194 g/mol. The van der Waals surface area contributed by atoms with Crippen LogP contribution in [0.4, 0.5) is 0 Å². The molecule has 1 aromatic rings. The van der Waals surface area contributed by atoms with Crippen molar-refractivity contribution in [3.8, 4) is 5.75 Å². The summed E-state index contributed by atoms with van der Waals surface area (Å²) in [5.74, 6) is 0.896. The molecule has 0 aliphatic heterocycles. The molecule has 0 saturated carbocycles. The Morgan fingerprint density at radius 1 is 1.29 bits per heavy atom. The molecule has 1 rings (SSSR count). The summed E-state index contributed by atoms with van der Waals surface area (Å²) in [6.07, 6.45) is 0. The second-order valence-electron chi connectivity index (χ2n) is 3.48. The SMILES string of the molecule is CN(C)C(CN)COc1ccccc1. The number of ether oxygens (including phenoxy) is 1. The van der Waals surface area contributed by atoms with Crippen molar-refractivity contribution in [2.24, 2.45) is 5.73 Å². The van der Waals surface area contributed by atoms with Crippen LogP contribution in [0, 0.1) is 0 Å². The van der Waals surface area contributed by atoms with Crippen LogP contribution in [-0.4, -0.2) is 38.2 Å². The Bertz CT molecular complexity index is 249. The fourth-order valence-electron chi connectivity index (χ4n) is 1.14. The lowest BCUT2D eigenvalue weighted by atomic mass is 10.3. The van der Waals surface area contributed by atoms with Crippen molar-refractivity contribution in [1.29, 1.82) is 0 Å². The smallest absolute Gasteiger partial charge is 0.119 e. The van der Waals surface area contributed by atoms with Crippen molar-refractivity contribution in [1.82, 2.24) is 4.90 Å². The fraction of sp³-hybridized carbons (Fsp3) is 0.455. The standard InChI is InChI=1S/C11H18N2O/c1-13(2)10(8-12)9-14-11-6-4-3-5-7-11/h3-7,10H,8-9,12H2,1-2H3. The lowest BCUT2D eigenvalue weighted by Gasteiger charge is -2.22. The predicted molar refractivity (Wildman–Crippen MR) is 58.5 cm³/mol. The van der Waals surface area contributed by atoms with Crippen molar-refractivity contribution in [3.63, 3.8) is 0 Å². The molecule has 3 heteroatoms. The third-order valence-corrected chi connectivity index (χ3v) is 2.19. The van der Waals surface area contributed by atoms with Crippen LogP contribution in [0.2, 0.25) is 0 Å². The Hall–Kier alpha value is -1.06. The van der Waals surface area contributed by atoms with Crippen LogP contribution >= 0.6 is 0 Å². The first-order valence-electron chi connectivity index (χ1n) is 4.78. The van der Waals surface area contributed by atoms with Crippen molar-refractivity contribution < 1.29 is 4.74 Å². The molecular weight excluding hydrogens is 176 g/mol. The molecule has 0 bridgehead atoms. The van der Waals surface area contributed by atoms with Crippen LogP contribution in [0.15, 0.2) is 30.3 Å². The Kier molecular flexibility index (Phi) is 4.43. The molecule has 0 fully saturated rings. The molecule has 0 saturated heterocycles. The normalized spacial score (nSPS) is 12.9. The minimum atomic E-state index is 0.273. The van der Waals surface area contributed by atoms with E-state index in [2.05, 4.69) is 4.90 Å². The number of benzene rings is 1. The van der Waals surface area contributed by atoms with E-state index < -0.39 is 0 Å². The van der Waals surface area contributed by atoms with E-state index in [1.807, 2.05) is 44.4 Å². The van der Waals surface area contributed by atoms with Crippen LogP contribution < -0.4 is 10.5 Å². The van der Waals surface area contributed by atoms with Crippen LogP contribution in [0.3, 0.4) is 0 Å². The summed E-state index contributed by atoms with van der Waals surface area (Å²) in [6.45, 7) is 1.24. The average Bonchev–Trinajstić information content (AvgIpc) is 2.20. The number of rotatable bonds is 5. The summed E-state index contributed by atoms with van der Waals surface area (Å²) in [5.41, 5.74) is 5.62. The third kappa shape index (κ3) is 3.36. The molecule has 0 aromatic heterocycles. The van der Waals surface area contributed by atoms with E-state index in [0.717, 1.165) is 5.75 Å². The minimum absolute atomic E-state index is 0.273. The third-order valence-electron chi connectivity index (χ3n) is 2.19. The number of para-hydroxylation sites is 1. The quantitative estimate of drug-likeness (QED) is 0.758. The second-order valence-corrected chi connectivity index (χ2v) is 3.48. The van der Waals surface area contributed by atoms with Gasteiger partial charge in [-0.3, -0.25) is 0 Å². The summed E-state index contributed by atoms with van der Waals surface area (Å²) in [5, 5.41) is 0. The predicted octanol–water partition coefficient (Wildman–Crippen LogP) is 0.954. The highest BCUT2D eigenvalue weighted by atomic mass is 16.5. The molecule has 3 nitrogen and oxygen atoms in total. The summed E-state index contributed by atoms with van der Waals surface area (Å²) in [7, 11) is 4.01. The topological polar surface area (TPSA) is 38.5 Å². The van der Waals surface area contributed by atoms with Gasteiger partial charge in [0, 0.05) is 6.54 Å². The maximum Gasteiger partial charge on any atom is 0.119 e. The molecule has 1 aromatic carbocycles. The van der Waals surface area contributed by atoms with Gasteiger partial charge >= 0.3 is 0 Å². The van der Waals surface area contributed by atoms with Gasteiger partial charge < -0.3 is 15.4 Å². The van der Waals surface area contributed by atoms with Gasteiger partial charge in [-0.05, 0) is 26.2 Å². The molecule has 0 amide bonds. The molecule has 0 heterocycles. The summed E-state index contributed by atoms with van der Waals surface area (Å²) in [4.78, 5) is 2.07. The number of nitrogens with two attached hydrogens (primary N) is 1. The summed E-state index contributed by atoms with van der Waals surface area (Å²) in [6, 6.07) is 10.1. The van der Waals surface area contributed by atoms with Gasteiger partial charge in [0.05, 0.1) is 6.04 Å². The fourth-order valence-corrected chi connectivity index (χ4v) is 1.14. The van der Waals surface area contributed by atoms with Gasteiger partial charge in [-0.1, -0.05) is 18.2 Å². The molecule has 1 unspecified atom stereocenters. The molecule has 78 valence electrons. The minimum Gasteiger partial charge on any atom is -0.492 e. The van der Waals surface area contributed by atoms with Gasteiger partial charge in [-0.15, -0.1) is 0 Å². The van der Waals surface area contributed by atoms with E-state index in [1.165, 1.54) is 0 Å². The Morgan fingerprint density at radius 2 is 1.93 bits per heavy atom. The first-order chi connectivity index (χ1) is 6.74. The Labute approximate surface area is 85.5 Å². The van der Waals surface area contributed by atoms with Crippen molar-refractivity contribution in [2.45, 2.75) is 6.04 Å². The molecule has 1 atom stereocenters. The van der Waals surface area contributed by atoms with E-state index in [0.29, 0.717) is 13.2 Å². The van der Waals surface area contributed by atoms with Crippen LogP contribution in [0.25, 0.3) is 0 Å². The number of likely N-dealkylation sites (N-methyl/N-ethyl adjacent to an activating group) is 1. The number of hydrogen-bond acceptors (Lipinski definition) is 3. The van der Waals surface area contributed by atoms with Crippen LogP contribution in [0.1, 0.15) is 0 Å². The maximum absolute atomic E-state index is 5.62. The lowest BCUT2D eigenvalue weighted by Crippen LogP contribution is -2.39. The van der Waals surface area contributed by atoms with Gasteiger partial charge in [0.15, 0.2) is 0 Å². The highest BCUT2D eigenvalue weighted by Crippen LogP contribution is 2.08. The molecule has 0 aliphatic carbocycles. The van der Waals surface area contributed by atoms with Gasteiger partial charge in [0.25, 0.3) is 0 Å². The van der Waals surface area contributed by atoms with Crippen molar-refractivity contribution in [3.05, 3.63) is 30.3 Å². The van der Waals surface area contributed by atoms with Gasteiger partial charge in [0.2, 0.25) is 0 Å². The first-order valence-corrected chi connectivity index (χ1v) is 4.78. The largest absolute Gasteiger partial charge is 0.492 e. The van der Waals surface area contributed by atoms with E-state index >= 15 is 0 Å². The zero-order valence-corrected chi connectivity index (χ0v) is 8.81. The van der Waals surface area contributed by atoms with Crippen LogP contribution in [0.5, 0.6) is 5.75 Å². The van der Waals surface area contributed by atoms with Gasteiger partial charge in [-0.25, -0.2) is 0 Å². The van der Waals surface area contributed by atoms with Gasteiger partial charge in [0.1, 0.15) is 12.4 Å². The van der Waals surface area contributed by atoms with E-state index in [9.17, 15) is 0 Å². The van der Waals surface area contributed by atoms with E-state index in [1.54, 1.807) is 0 Å². The lowest BCUT2D eigenvalue weighted by molar-refractivity contribution is 0.190. The molecule has 14 heavy (non-hydrogen) atoms. The molecular formula is C11H18N2O. The molecule has 0 spiro atoms. The molecule has 0 radical (unpaired) electrons. The second kappa shape index (κ2) is 5.62. The van der Waals surface area contributed by atoms with Crippen molar-refractivity contribution >= 4 is 0 Å². The van der Waals surface area contributed by atoms with Crippen molar-refractivity contribution in [2.75, 3.05) is 27.2 Å².